The maximum absolute atomic E-state index is 6.50. The second kappa shape index (κ2) is 9.06. The van der Waals surface area contributed by atoms with Crippen molar-refractivity contribution in [3.63, 3.8) is 0 Å². The van der Waals surface area contributed by atoms with Gasteiger partial charge in [0.1, 0.15) is 34.3 Å². The minimum Gasteiger partial charge on any atom is -0.457 e. The summed E-state index contributed by atoms with van der Waals surface area (Å²) in [6.07, 6.45) is 1.83. The first kappa shape index (κ1) is 23.8. The molecule has 6 heteroatoms. The summed E-state index contributed by atoms with van der Waals surface area (Å²) in [6, 6.07) is 40.9. The quantitative estimate of drug-likeness (QED) is 0.217. The van der Waals surface area contributed by atoms with Crippen LogP contribution in [0.3, 0.4) is 0 Å². The lowest BCUT2D eigenvalue weighted by molar-refractivity contribution is 0.483. The molecule has 204 valence electrons. The van der Waals surface area contributed by atoms with Gasteiger partial charge in [-0.05, 0) is 66.7 Å². The summed E-state index contributed by atoms with van der Waals surface area (Å²) in [5.74, 6) is 3.22. The van der Waals surface area contributed by atoms with Gasteiger partial charge in [-0.3, -0.25) is 4.57 Å². The Morgan fingerprint density at radius 3 is 2.40 bits per heavy atom. The number of pyridine rings is 1. The molecule has 0 aliphatic rings. The molecule has 9 aromatic rings. The average Bonchev–Trinajstić information content (AvgIpc) is 3.70. The highest BCUT2D eigenvalue weighted by atomic mass is 16.5. The highest BCUT2D eigenvalue weighted by molar-refractivity contribution is 6.27. The van der Waals surface area contributed by atoms with Crippen molar-refractivity contribution in [3.05, 3.63) is 128 Å². The van der Waals surface area contributed by atoms with Crippen LogP contribution in [0.2, 0.25) is 0 Å². The third kappa shape index (κ3) is 3.60. The van der Waals surface area contributed by atoms with E-state index in [1.54, 1.807) is 0 Å². The highest BCUT2D eigenvalue weighted by Crippen LogP contribution is 2.42. The van der Waals surface area contributed by atoms with Crippen LogP contribution in [0.4, 0.5) is 0 Å². The average molecular weight is 557 g/mol. The number of rotatable bonds is 4. The number of ether oxygens (including phenoxy) is 1. The lowest BCUT2D eigenvalue weighted by atomic mass is 10.1. The zero-order valence-corrected chi connectivity index (χ0v) is 23.2. The maximum atomic E-state index is 6.50. The fourth-order valence-corrected chi connectivity index (χ4v) is 6.34. The molecule has 0 bridgehead atoms. The van der Waals surface area contributed by atoms with Crippen LogP contribution in [0.5, 0.6) is 11.5 Å². The van der Waals surface area contributed by atoms with E-state index in [-0.39, 0.29) is 0 Å². The second-order valence-electron chi connectivity index (χ2n) is 10.7. The van der Waals surface area contributed by atoms with Gasteiger partial charge in [-0.1, -0.05) is 48.5 Å². The van der Waals surface area contributed by atoms with Crippen LogP contribution in [0, 0.1) is 0 Å². The molecular formula is C37H24N4O2. The Hall–Kier alpha value is -5.88. The van der Waals surface area contributed by atoms with Gasteiger partial charge in [0, 0.05) is 46.4 Å². The van der Waals surface area contributed by atoms with E-state index in [1.807, 2.05) is 86.0 Å². The third-order valence-corrected chi connectivity index (χ3v) is 8.24. The summed E-state index contributed by atoms with van der Waals surface area (Å²) in [5.41, 5.74) is 6.88. The molecule has 9 rings (SSSR count). The first-order chi connectivity index (χ1) is 21.2. The number of imidazole rings is 1. The number of aryl methyl sites for hydroxylation is 1. The van der Waals surface area contributed by atoms with Crippen LogP contribution in [0.1, 0.15) is 0 Å². The van der Waals surface area contributed by atoms with Crippen molar-refractivity contribution >= 4 is 54.8 Å². The molecule has 4 heterocycles. The standard InChI is InChI=1S/C37H24N4O2/c1-40-29-13-4-3-12-28(29)39-37(40)23-9-8-10-24(21-23)42-25-16-17-26-31(22-25)41(34-15-6-7-20-38-34)30-18-19-33-36(35(26)30)27-11-2-5-14-32(27)43-33/h2-22H,1H3. The number of benzene rings is 5. The van der Waals surface area contributed by atoms with Crippen molar-refractivity contribution in [2.45, 2.75) is 0 Å². The molecule has 0 saturated carbocycles. The summed E-state index contributed by atoms with van der Waals surface area (Å²) in [5, 5.41) is 4.45. The molecule has 0 amide bonds. The predicted octanol–water partition coefficient (Wildman–Crippen LogP) is 9.42. The van der Waals surface area contributed by atoms with Gasteiger partial charge < -0.3 is 13.7 Å². The minimum absolute atomic E-state index is 0.739. The Kier molecular flexibility index (Phi) is 5.01. The van der Waals surface area contributed by atoms with Gasteiger partial charge in [0.2, 0.25) is 0 Å². The van der Waals surface area contributed by atoms with E-state index in [9.17, 15) is 0 Å². The number of nitrogens with zero attached hydrogens (tertiary/aromatic N) is 4. The van der Waals surface area contributed by atoms with Crippen LogP contribution in [0.25, 0.3) is 72.0 Å². The van der Waals surface area contributed by atoms with Gasteiger partial charge in [-0.15, -0.1) is 0 Å². The van der Waals surface area contributed by atoms with Crippen molar-refractivity contribution in [1.29, 1.82) is 0 Å². The van der Waals surface area contributed by atoms with E-state index >= 15 is 0 Å². The molecule has 6 nitrogen and oxygen atoms in total. The summed E-state index contributed by atoms with van der Waals surface area (Å²) < 4.78 is 17.1. The molecule has 0 aliphatic carbocycles. The molecule has 4 aromatic heterocycles. The monoisotopic (exact) mass is 556 g/mol. The molecule has 0 radical (unpaired) electrons. The molecule has 0 unspecified atom stereocenters. The number of para-hydroxylation sites is 3. The number of fused-ring (bicyclic) bond motifs is 8. The lowest BCUT2D eigenvalue weighted by Crippen LogP contribution is -1.96. The molecule has 0 aliphatic heterocycles. The molecule has 43 heavy (non-hydrogen) atoms. The molecule has 0 N–H and O–H groups in total. The number of aromatic nitrogens is 4. The van der Waals surface area contributed by atoms with Crippen LogP contribution in [-0.2, 0) is 7.05 Å². The van der Waals surface area contributed by atoms with Gasteiger partial charge in [0.05, 0.1) is 22.1 Å². The molecular weight excluding hydrogens is 532 g/mol. The molecule has 5 aromatic carbocycles. The molecule has 0 atom stereocenters. The first-order valence-corrected chi connectivity index (χ1v) is 14.2. The zero-order valence-electron chi connectivity index (χ0n) is 23.2. The van der Waals surface area contributed by atoms with Crippen molar-refractivity contribution in [2.75, 3.05) is 0 Å². The van der Waals surface area contributed by atoms with Crippen LogP contribution >= 0.6 is 0 Å². The van der Waals surface area contributed by atoms with E-state index in [0.717, 1.165) is 83.5 Å². The van der Waals surface area contributed by atoms with Gasteiger partial charge in [-0.2, -0.15) is 0 Å². The Balaban J connectivity index is 1.22. The van der Waals surface area contributed by atoms with E-state index in [4.69, 9.17) is 19.1 Å². The number of furan rings is 1. The second-order valence-corrected chi connectivity index (χ2v) is 10.7. The van der Waals surface area contributed by atoms with Crippen LogP contribution < -0.4 is 4.74 Å². The van der Waals surface area contributed by atoms with Crippen molar-refractivity contribution < 1.29 is 9.15 Å². The Morgan fingerprint density at radius 1 is 0.628 bits per heavy atom. The molecule has 0 spiro atoms. The van der Waals surface area contributed by atoms with E-state index in [2.05, 4.69) is 57.7 Å². The Morgan fingerprint density at radius 2 is 1.49 bits per heavy atom. The van der Waals surface area contributed by atoms with E-state index in [1.165, 1.54) is 0 Å². The largest absolute Gasteiger partial charge is 0.457 e. The molecule has 0 fully saturated rings. The van der Waals surface area contributed by atoms with Gasteiger partial charge in [0.25, 0.3) is 0 Å². The highest BCUT2D eigenvalue weighted by Gasteiger charge is 2.20. The fraction of sp³-hybridized carbons (Fsp3) is 0.0270. The van der Waals surface area contributed by atoms with Crippen molar-refractivity contribution in [1.82, 2.24) is 19.1 Å². The van der Waals surface area contributed by atoms with E-state index < -0.39 is 0 Å². The third-order valence-electron chi connectivity index (χ3n) is 8.24. The topological polar surface area (TPSA) is 58.0 Å². The van der Waals surface area contributed by atoms with Crippen molar-refractivity contribution in [2.24, 2.45) is 7.05 Å². The SMILES string of the molecule is Cn1c(-c2cccc(Oc3ccc4c5c6c(ccc5n(-c5ccccn5)c4c3)oc3ccccc36)c2)nc2ccccc21. The summed E-state index contributed by atoms with van der Waals surface area (Å²) >= 11 is 0. The van der Waals surface area contributed by atoms with Crippen LogP contribution in [0.15, 0.2) is 132 Å². The lowest BCUT2D eigenvalue weighted by Gasteiger charge is -2.10. The number of hydrogen-bond donors (Lipinski definition) is 0. The van der Waals surface area contributed by atoms with Gasteiger partial charge in [-0.25, -0.2) is 9.97 Å². The smallest absolute Gasteiger partial charge is 0.140 e. The zero-order chi connectivity index (χ0) is 28.5. The summed E-state index contributed by atoms with van der Waals surface area (Å²) in [6.45, 7) is 0. The normalized spacial score (nSPS) is 11.8. The predicted molar refractivity (Wildman–Crippen MR) is 172 cm³/mol. The van der Waals surface area contributed by atoms with Crippen LogP contribution in [-0.4, -0.2) is 19.1 Å². The minimum atomic E-state index is 0.739. The number of hydrogen-bond acceptors (Lipinski definition) is 4. The van der Waals surface area contributed by atoms with Gasteiger partial charge in [0.15, 0.2) is 0 Å². The summed E-state index contributed by atoms with van der Waals surface area (Å²) in [4.78, 5) is 9.60. The maximum Gasteiger partial charge on any atom is 0.140 e. The van der Waals surface area contributed by atoms with E-state index in [0.29, 0.717) is 0 Å². The first-order valence-electron chi connectivity index (χ1n) is 14.2. The fourth-order valence-electron chi connectivity index (χ4n) is 6.34. The van der Waals surface area contributed by atoms with Gasteiger partial charge >= 0.3 is 0 Å². The Bertz CT molecular complexity index is 2500. The molecule has 0 saturated heterocycles. The Labute approximate surface area is 246 Å². The van der Waals surface area contributed by atoms with Crippen molar-refractivity contribution in [3.8, 4) is 28.7 Å². The summed E-state index contributed by atoms with van der Waals surface area (Å²) in [7, 11) is 2.04.